The number of fused-ring (bicyclic) bond motifs is 1. The van der Waals surface area contributed by atoms with Crippen molar-refractivity contribution in [3.8, 4) is 11.4 Å². The quantitative estimate of drug-likeness (QED) is 0.578. The van der Waals surface area contributed by atoms with Crippen LogP contribution in [0.3, 0.4) is 0 Å². The van der Waals surface area contributed by atoms with Crippen molar-refractivity contribution in [2.24, 2.45) is 5.92 Å². The normalized spacial score (nSPS) is 21.3. The Kier molecular flexibility index (Phi) is 6.83. The Labute approximate surface area is 205 Å². The fourth-order valence-corrected chi connectivity index (χ4v) is 4.87. The average Bonchev–Trinajstić information content (AvgIpc) is 3.26. The Morgan fingerprint density at radius 1 is 1.09 bits per heavy atom. The molecule has 2 fully saturated rings. The molecule has 2 aliphatic rings. The molecule has 3 aromatic rings. The second-order valence-corrected chi connectivity index (χ2v) is 9.44. The van der Waals surface area contributed by atoms with E-state index in [1.807, 2.05) is 30.6 Å². The van der Waals surface area contributed by atoms with Gasteiger partial charge in [0.1, 0.15) is 0 Å². The molecule has 2 N–H and O–H groups in total. The number of ether oxygens (including phenoxy) is 2. The Bertz CT molecular complexity index is 1160. The van der Waals surface area contributed by atoms with Gasteiger partial charge in [0.25, 0.3) is 0 Å². The summed E-state index contributed by atoms with van der Waals surface area (Å²) in [7, 11) is 1.59. The maximum absolute atomic E-state index is 11.6. The first-order valence-electron chi connectivity index (χ1n) is 12.3. The molecule has 2 amide bonds. The molecular formula is C25H33N7O3. The van der Waals surface area contributed by atoms with E-state index in [0.717, 1.165) is 68.2 Å². The second kappa shape index (κ2) is 10.2. The number of amides is 2. The first-order chi connectivity index (χ1) is 17.0. The monoisotopic (exact) mass is 479 g/mol. The Morgan fingerprint density at radius 2 is 1.80 bits per heavy atom. The minimum absolute atomic E-state index is 0.103. The molecule has 0 radical (unpaired) electrons. The number of carbonyl (C=O) groups is 1. The van der Waals surface area contributed by atoms with Gasteiger partial charge in [-0.15, -0.1) is 0 Å². The lowest BCUT2D eigenvalue weighted by Gasteiger charge is -2.36. The number of imidazole rings is 1. The van der Waals surface area contributed by atoms with Crippen molar-refractivity contribution in [3.05, 3.63) is 30.6 Å². The minimum Gasteiger partial charge on any atom is -0.381 e. The van der Waals surface area contributed by atoms with Crippen molar-refractivity contribution in [3.63, 3.8) is 0 Å². The standard InChI is InChI=1S/C25H33N7O3/c1-16-12-31(13-17(2)35-16)23-21-24(32(15-27-21)14-18-8-10-34-11-9-18)30-22(29-23)19-4-6-20(7-5-19)28-25(33)26-3/h4-7,15-18H,8-14H2,1-3H3,(H2,26,28,33)/t16-,17+. The Balaban J connectivity index is 1.53. The van der Waals surface area contributed by atoms with E-state index in [1.165, 1.54) is 0 Å². The molecule has 0 saturated carbocycles. The van der Waals surface area contributed by atoms with Crippen LogP contribution in [0.5, 0.6) is 0 Å². The highest BCUT2D eigenvalue weighted by Gasteiger charge is 2.27. The number of aromatic nitrogens is 4. The van der Waals surface area contributed by atoms with Gasteiger partial charge in [0, 0.05) is 51.1 Å². The van der Waals surface area contributed by atoms with E-state index in [9.17, 15) is 4.79 Å². The lowest BCUT2D eigenvalue weighted by Crippen LogP contribution is -2.46. The van der Waals surface area contributed by atoms with E-state index in [4.69, 9.17) is 24.4 Å². The molecule has 0 unspecified atom stereocenters. The molecule has 2 aromatic heterocycles. The number of carbonyl (C=O) groups excluding carboxylic acids is 1. The fraction of sp³-hybridized carbons (Fsp3) is 0.520. The van der Waals surface area contributed by atoms with Crippen molar-refractivity contribution in [1.82, 2.24) is 24.8 Å². The maximum Gasteiger partial charge on any atom is 0.318 e. The second-order valence-electron chi connectivity index (χ2n) is 9.44. The van der Waals surface area contributed by atoms with Gasteiger partial charge in [-0.1, -0.05) is 0 Å². The summed E-state index contributed by atoms with van der Waals surface area (Å²) in [6, 6.07) is 7.32. The molecule has 4 heterocycles. The third-order valence-corrected chi connectivity index (χ3v) is 6.59. The van der Waals surface area contributed by atoms with Crippen LogP contribution in [0.15, 0.2) is 30.6 Å². The number of urea groups is 1. The number of rotatable bonds is 5. The molecule has 35 heavy (non-hydrogen) atoms. The Hall–Kier alpha value is -3.24. The molecule has 0 spiro atoms. The van der Waals surface area contributed by atoms with Crippen molar-refractivity contribution < 1.29 is 14.3 Å². The van der Waals surface area contributed by atoms with Gasteiger partial charge in [0.15, 0.2) is 22.8 Å². The van der Waals surface area contributed by atoms with E-state index >= 15 is 0 Å². The molecule has 2 saturated heterocycles. The molecule has 5 rings (SSSR count). The number of benzene rings is 1. The highest BCUT2D eigenvalue weighted by Crippen LogP contribution is 2.30. The molecule has 1 aromatic carbocycles. The number of nitrogens with zero attached hydrogens (tertiary/aromatic N) is 5. The van der Waals surface area contributed by atoms with Crippen molar-refractivity contribution in [2.45, 2.75) is 45.4 Å². The van der Waals surface area contributed by atoms with Gasteiger partial charge in [0.2, 0.25) is 0 Å². The van der Waals surface area contributed by atoms with E-state index in [2.05, 4.69) is 33.9 Å². The lowest BCUT2D eigenvalue weighted by molar-refractivity contribution is -0.00537. The molecule has 0 bridgehead atoms. The van der Waals surface area contributed by atoms with Crippen LogP contribution in [0.1, 0.15) is 26.7 Å². The van der Waals surface area contributed by atoms with E-state index < -0.39 is 0 Å². The zero-order valence-electron chi connectivity index (χ0n) is 20.5. The van der Waals surface area contributed by atoms with Crippen LogP contribution in [-0.4, -0.2) is 71.1 Å². The minimum atomic E-state index is -0.259. The first-order valence-corrected chi connectivity index (χ1v) is 12.3. The van der Waals surface area contributed by atoms with Gasteiger partial charge in [-0.05, 0) is 56.9 Å². The van der Waals surface area contributed by atoms with Gasteiger partial charge in [-0.3, -0.25) is 0 Å². The van der Waals surface area contributed by atoms with Crippen LogP contribution in [0.2, 0.25) is 0 Å². The number of hydrogen-bond acceptors (Lipinski definition) is 7. The van der Waals surface area contributed by atoms with Gasteiger partial charge in [-0.2, -0.15) is 0 Å². The van der Waals surface area contributed by atoms with Crippen LogP contribution in [0.4, 0.5) is 16.3 Å². The summed E-state index contributed by atoms with van der Waals surface area (Å²) in [5.41, 5.74) is 3.24. The molecule has 186 valence electrons. The molecule has 10 nitrogen and oxygen atoms in total. The van der Waals surface area contributed by atoms with Crippen LogP contribution in [0.25, 0.3) is 22.6 Å². The number of hydrogen-bond donors (Lipinski definition) is 2. The summed E-state index contributed by atoms with van der Waals surface area (Å²) in [5.74, 6) is 2.02. The molecule has 2 aliphatic heterocycles. The Morgan fingerprint density at radius 3 is 2.49 bits per heavy atom. The van der Waals surface area contributed by atoms with E-state index in [-0.39, 0.29) is 18.2 Å². The van der Waals surface area contributed by atoms with Crippen LogP contribution >= 0.6 is 0 Å². The van der Waals surface area contributed by atoms with Gasteiger partial charge in [-0.25, -0.2) is 19.7 Å². The summed E-state index contributed by atoms with van der Waals surface area (Å²) in [5, 5.41) is 5.35. The molecule has 0 aliphatic carbocycles. The fourth-order valence-electron chi connectivity index (χ4n) is 4.87. The average molecular weight is 480 g/mol. The summed E-state index contributed by atoms with van der Waals surface area (Å²) >= 11 is 0. The summed E-state index contributed by atoms with van der Waals surface area (Å²) < 4.78 is 13.7. The van der Waals surface area contributed by atoms with Gasteiger partial charge in [0.05, 0.1) is 18.5 Å². The topological polar surface area (TPSA) is 106 Å². The first kappa shape index (κ1) is 23.5. The SMILES string of the molecule is CNC(=O)Nc1ccc(-c2nc(N3C[C@@H](C)O[C@@H](C)C3)c3ncn(CC4CCOCC4)c3n2)cc1. The van der Waals surface area contributed by atoms with E-state index in [1.54, 1.807) is 7.05 Å². The van der Waals surface area contributed by atoms with Crippen molar-refractivity contribution in [2.75, 3.05) is 43.6 Å². The highest BCUT2D eigenvalue weighted by atomic mass is 16.5. The van der Waals surface area contributed by atoms with Gasteiger partial charge < -0.3 is 29.6 Å². The van der Waals surface area contributed by atoms with Crippen LogP contribution < -0.4 is 15.5 Å². The summed E-state index contributed by atoms with van der Waals surface area (Å²) in [6.07, 6.45) is 4.19. The van der Waals surface area contributed by atoms with Gasteiger partial charge >= 0.3 is 6.03 Å². The maximum atomic E-state index is 11.6. The molecule has 10 heteroatoms. The number of anilines is 2. The predicted octanol–water partition coefficient (Wildman–Crippen LogP) is 3.28. The highest BCUT2D eigenvalue weighted by molar-refractivity contribution is 5.89. The molecule has 2 atom stereocenters. The number of nitrogens with one attached hydrogen (secondary N) is 2. The van der Waals surface area contributed by atoms with Crippen molar-refractivity contribution >= 4 is 28.7 Å². The third kappa shape index (κ3) is 5.23. The third-order valence-electron chi connectivity index (χ3n) is 6.59. The summed E-state index contributed by atoms with van der Waals surface area (Å²) in [4.78, 5) is 28.6. The zero-order chi connectivity index (χ0) is 24.4. The van der Waals surface area contributed by atoms with Crippen LogP contribution in [-0.2, 0) is 16.0 Å². The smallest absolute Gasteiger partial charge is 0.318 e. The largest absolute Gasteiger partial charge is 0.381 e. The number of morpholine rings is 1. The lowest BCUT2D eigenvalue weighted by atomic mass is 10.0. The zero-order valence-corrected chi connectivity index (χ0v) is 20.5. The molecular weight excluding hydrogens is 446 g/mol. The summed E-state index contributed by atoms with van der Waals surface area (Å²) in [6.45, 7) is 8.15. The van der Waals surface area contributed by atoms with Crippen molar-refractivity contribution in [1.29, 1.82) is 0 Å². The predicted molar refractivity (Wildman–Crippen MR) is 135 cm³/mol. The van der Waals surface area contributed by atoms with E-state index in [0.29, 0.717) is 17.4 Å². The van der Waals surface area contributed by atoms with Crippen LogP contribution in [0, 0.1) is 5.92 Å².